The molecule has 2 heterocycles. The summed E-state index contributed by atoms with van der Waals surface area (Å²) in [6.07, 6.45) is 1.65. The Hall–Kier alpha value is -2.08. The van der Waals surface area contributed by atoms with Crippen molar-refractivity contribution < 1.29 is 9.53 Å². The lowest BCUT2D eigenvalue weighted by molar-refractivity contribution is 0.0835. The number of amides is 2. The van der Waals surface area contributed by atoms with Gasteiger partial charge >= 0.3 is 6.03 Å². The number of urea groups is 1. The topological polar surface area (TPSA) is 54.5 Å². The lowest BCUT2D eigenvalue weighted by Gasteiger charge is -2.29. The van der Waals surface area contributed by atoms with Crippen molar-refractivity contribution in [2.45, 2.75) is 26.0 Å². The smallest absolute Gasteiger partial charge is 0.322 e. The molecule has 0 radical (unpaired) electrons. The number of ether oxygens (including phenoxy) is 1. The third-order valence-electron chi connectivity index (χ3n) is 3.26. The Morgan fingerprint density at radius 3 is 3.00 bits per heavy atom. The van der Waals surface area contributed by atoms with E-state index in [2.05, 4.69) is 9.69 Å². The number of fused-ring (bicyclic) bond motifs is 1. The van der Waals surface area contributed by atoms with Crippen LogP contribution in [0.2, 0.25) is 0 Å². The SMILES string of the molecule is CC1(C)CN(C(=O)Nc2cnsc2)Cc2ccccc2O1. The molecular weight excluding hydrogens is 286 g/mol. The van der Waals surface area contributed by atoms with E-state index in [0.29, 0.717) is 13.1 Å². The van der Waals surface area contributed by atoms with Gasteiger partial charge in [0.25, 0.3) is 0 Å². The lowest BCUT2D eigenvalue weighted by atomic mass is 10.1. The number of hydrogen-bond acceptors (Lipinski definition) is 4. The van der Waals surface area contributed by atoms with E-state index in [1.54, 1.807) is 11.1 Å². The molecule has 0 fully saturated rings. The Kier molecular flexibility index (Phi) is 3.55. The van der Waals surface area contributed by atoms with Crippen LogP contribution in [0.25, 0.3) is 0 Å². The van der Waals surface area contributed by atoms with Crippen molar-refractivity contribution in [1.29, 1.82) is 0 Å². The van der Waals surface area contributed by atoms with Crippen molar-refractivity contribution in [3.8, 4) is 5.75 Å². The minimum atomic E-state index is -0.434. The minimum absolute atomic E-state index is 0.136. The summed E-state index contributed by atoms with van der Waals surface area (Å²) in [5.41, 5.74) is 1.31. The summed E-state index contributed by atoms with van der Waals surface area (Å²) in [7, 11) is 0. The number of nitrogens with one attached hydrogen (secondary N) is 1. The predicted octanol–water partition coefficient (Wildman–Crippen LogP) is 3.35. The summed E-state index contributed by atoms with van der Waals surface area (Å²) in [6, 6.07) is 7.70. The molecule has 1 N–H and O–H groups in total. The number of carbonyl (C=O) groups excluding carboxylic acids is 1. The third kappa shape index (κ3) is 3.16. The first-order chi connectivity index (χ1) is 10.0. The van der Waals surface area contributed by atoms with Crippen LogP contribution in [0.5, 0.6) is 5.75 Å². The summed E-state index contributed by atoms with van der Waals surface area (Å²) in [5.74, 6) is 0.843. The van der Waals surface area contributed by atoms with Crippen molar-refractivity contribution >= 4 is 23.3 Å². The Labute approximate surface area is 127 Å². The van der Waals surface area contributed by atoms with E-state index in [1.165, 1.54) is 11.5 Å². The fraction of sp³-hybridized carbons (Fsp3) is 0.333. The highest BCUT2D eigenvalue weighted by molar-refractivity contribution is 7.04. The summed E-state index contributed by atoms with van der Waals surface area (Å²) in [5, 5.41) is 4.68. The van der Waals surface area contributed by atoms with E-state index in [0.717, 1.165) is 17.0 Å². The standard InChI is InChI=1S/C15H17N3O2S/c1-15(2)10-18(14(19)17-12-7-16-21-9-12)8-11-5-3-4-6-13(11)20-15/h3-7,9H,8,10H2,1-2H3,(H,17,19). The molecular formula is C15H17N3O2S. The largest absolute Gasteiger partial charge is 0.486 e. The van der Waals surface area contributed by atoms with Crippen molar-refractivity contribution in [3.05, 3.63) is 41.4 Å². The van der Waals surface area contributed by atoms with E-state index >= 15 is 0 Å². The molecule has 0 bridgehead atoms. The maximum Gasteiger partial charge on any atom is 0.322 e. The Balaban J connectivity index is 1.83. The van der Waals surface area contributed by atoms with Gasteiger partial charge in [-0.2, -0.15) is 4.37 Å². The molecule has 2 aromatic rings. The van der Waals surface area contributed by atoms with Gasteiger partial charge in [-0.1, -0.05) is 18.2 Å². The molecule has 0 aliphatic carbocycles. The number of hydrogen-bond donors (Lipinski definition) is 1. The first-order valence-corrected chi connectivity index (χ1v) is 7.59. The molecule has 110 valence electrons. The molecule has 1 aliphatic heterocycles. The number of nitrogens with zero attached hydrogens (tertiary/aromatic N) is 2. The van der Waals surface area contributed by atoms with Gasteiger partial charge in [-0.15, -0.1) is 0 Å². The van der Waals surface area contributed by atoms with Crippen molar-refractivity contribution in [1.82, 2.24) is 9.27 Å². The molecule has 0 saturated heterocycles. The van der Waals surface area contributed by atoms with Crippen LogP contribution in [0.15, 0.2) is 35.8 Å². The lowest BCUT2D eigenvalue weighted by Crippen LogP contribution is -2.44. The first-order valence-electron chi connectivity index (χ1n) is 6.76. The zero-order valence-electron chi connectivity index (χ0n) is 12.0. The third-order valence-corrected chi connectivity index (χ3v) is 3.85. The fourth-order valence-electron chi connectivity index (χ4n) is 2.40. The second kappa shape index (κ2) is 5.37. The van der Waals surface area contributed by atoms with Crippen LogP contribution in [0.1, 0.15) is 19.4 Å². The van der Waals surface area contributed by atoms with Crippen LogP contribution in [-0.4, -0.2) is 27.5 Å². The van der Waals surface area contributed by atoms with Gasteiger partial charge in [-0.25, -0.2) is 4.79 Å². The van der Waals surface area contributed by atoms with Gasteiger partial charge in [0, 0.05) is 10.9 Å². The van der Waals surface area contributed by atoms with Crippen LogP contribution >= 0.6 is 11.5 Å². The summed E-state index contributed by atoms with van der Waals surface area (Å²) in [6.45, 7) is 5.02. The number of aromatic nitrogens is 1. The number of benzene rings is 1. The monoisotopic (exact) mass is 303 g/mol. The Bertz CT molecular complexity index is 640. The van der Waals surface area contributed by atoms with E-state index < -0.39 is 5.60 Å². The molecule has 5 nitrogen and oxygen atoms in total. The highest BCUT2D eigenvalue weighted by Crippen LogP contribution is 2.29. The fourth-order valence-corrected chi connectivity index (χ4v) is 2.87. The first kappa shape index (κ1) is 13.9. The molecule has 2 amide bonds. The summed E-state index contributed by atoms with van der Waals surface area (Å²) < 4.78 is 10.0. The van der Waals surface area contributed by atoms with Crippen LogP contribution in [0, 0.1) is 0 Å². The van der Waals surface area contributed by atoms with E-state index in [9.17, 15) is 4.79 Å². The van der Waals surface area contributed by atoms with E-state index in [4.69, 9.17) is 4.74 Å². The van der Waals surface area contributed by atoms with Gasteiger partial charge in [-0.3, -0.25) is 0 Å². The molecule has 0 unspecified atom stereocenters. The molecule has 6 heteroatoms. The zero-order chi connectivity index (χ0) is 14.9. The maximum absolute atomic E-state index is 12.5. The van der Waals surface area contributed by atoms with Crippen molar-refractivity contribution in [2.24, 2.45) is 0 Å². The quantitative estimate of drug-likeness (QED) is 0.879. The van der Waals surface area contributed by atoms with Crippen LogP contribution < -0.4 is 10.1 Å². The number of para-hydroxylation sites is 1. The number of rotatable bonds is 1. The summed E-state index contributed by atoms with van der Waals surface area (Å²) >= 11 is 1.31. The Morgan fingerprint density at radius 2 is 2.24 bits per heavy atom. The molecule has 1 aromatic heterocycles. The predicted molar refractivity (Wildman–Crippen MR) is 82.7 cm³/mol. The molecule has 0 atom stereocenters. The van der Waals surface area contributed by atoms with Gasteiger partial charge < -0.3 is 15.0 Å². The summed E-state index contributed by atoms with van der Waals surface area (Å²) in [4.78, 5) is 14.2. The maximum atomic E-state index is 12.5. The molecule has 1 aliphatic rings. The van der Waals surface area contributed by atoms with Crippen LogP contribution in [0.3, 0.4) is 0 Å². The van der Waals surface area contributed by atoms with Crippen molar-refractivity contribution in [2.75, 3.05) is 11.9 Å². The van der Waals surface area contributed by atoms with Gasteiger partial charge in [0.05, 0.1) is 25.0 Å². The second-order valence-corrected chi connectivity index (χ2v) is 6.33. The van der Waals surface area contributed by atoms with Gasteiger partial charge in [-0.05, 0) is 31.4 Å². The average molecular weight is 303 g/mol. The minimum Gasteiger partial charge on any atom is -0.486 e. The normalized spacial score (nSPS) is 16.6. The number of anilines is 1. The molecule has 3 rings (SSSR count). The van der Waals surface area contributed by atoms with Gasteiger partial charge in [0.1, 0.15) is 11.4 Å². The molecule has 0 saturated carbocycles. The molecule has 21 heavy (non-hydrogen) atoms. The highest BCUT2D eigenvalue weighted by Gasteiger charge is 2.31. The van der Waals surface area contributed by atoms with Crippen LogP contribution in [-0.2, 0) is 6.54 Å². The molecule has 1 aromatic carbocycles. The number of carbonyl (C=O) groups is 1. The molecule has 0 spiro atoms. The van der Waals surface area contributed by atoms with E-state index in [-0.39, 0.29) is 6.03 Å². The van der Waals surface area contributed by atoms with Gasteiger partial charge in [0.15, 0.2) is 0 Å². The van der Waals surface area contributed by atoms with E-state index in [1.807, 2.05) is 43.5 Å². The zero-order valence-corrected chi connectivity index (χ0v) is 12.8. The van der Waals surface area contributed by atoms with Crippen molar-refractivity contribution in [3.63, 3.8) is 0 Å². The average Bonchev–Trinajstić information content (AvgIpc) is 2.87. The van der Waals surface area contributed by atoms with Crippen LogP contribution in [0.4, 0.5) is 10.5 Å². The Morgan fingerprint density at radius 1 is 1.43 bits per heavy atom. The highest BCUT2D eigenvalue weighted by atomic mass is 32.1. The second-order valence-electron chi connectivity index (χ2n) is 5.67. The van der Waals surface area contributed by atoms with Gasteiger partial charge in [0.2, 0.25) is 0 Å².